The van der Waals surface area contributed by atoms with Gasteiger partial charge in [0.05, 0.1) is 7.11 Å². The van der Waals surface area contributed by atoms with Crippen LogP contribution >= 0.6 is 0 Å². The number of amides is 1. The highest BCUT2D eigenvalue weighted by atomic mass is 32.2. The maximum Gasteiger partial charge on any atom is 0.322 e. The van der Waals surface area contributed by atoms with Gasteiger partial charge >= 0.3 is 5.97 Å². The van der Waals surface area contributed by atoms with Gasteiger partial charge in [0.25, 0.3) is 5.91 Å². The molecule has 0 aromatic heterocycles. The molecular formula is C20H31NO5S. The third-order valence-corrected chi connectivity index (χ3v) is 4.99. The molecule has 1 aromatic rings. The van der Waals surface area contributed by atoms with E-state index in [-0.39, 0.29) is 12.3 Å². The van der Waals surface area contributed by atoms with Crippen LogP contribution < -0.4 is 9.46 Å². The van der Waals surface area contributed by atoms with Crippen molar-refractivity contribution in [2.45, 2.75) is 65.4 Å². The van der Waals surface area contributed by atoms with Gasteiger partial charge < -0.3 is 14.0 Å². The van der Waals surface area contributed by atoms with E-state index in [1.54, 1.807) is 46.1 Å². The topological polar surface area (TPSA) is 87.7 Å². The second-order valence-electron chi connectivity index (χ2n) is 8.26. The molecule has 1 N–H and O–H groups in total. The molecule has 7 heteroatoms. The number of aryl methyl sites for hydroxylation is 1. The molecule has 152 valence electrons. The number of benzene rings is 1. The molecular weight excluding hydrogens is 366 g/mol. The maximum absolute atomic E-state index is 12.9. The standard InChI is InChI=1S/C20H31NO5S/c1-13(2)12-20(7,18(23)26-19(4,5)6)17(22)21-27(24)15-9-10-16(25-8)14(3)11-15/h9-11,13H,12H2,1-8H3,(H,21,22)/t20-,27?/m1/s1. The van der Waals surface area contributed by atoms with Crippen molar-refractivity contribution in [3.05, 3.63) is 23.8 Å². The van der Waals surface area contributed by atoms with Crippen molar-refractivity contribution < 1.29 is 23.6 Å². The summed E-state index contributed by atoms with van der Waals surface area (Å²) in [6, 6.07) is 4.99. The first-order chi connectivity index (χ1) is 12.3. The lowest BCUT2D eigenvalue weighted by Gasteiger charge is -2.31. The van der Waals surface area contributed by atoms with Crippen LogP contribution in [0.5, 0.6) is 5.75 Å². The molecule has 1 aromatic carbocycles. The smallest absolute Gasteiger partial charge is 0.322 e. The first kappa shape index (κ1) is 23.3. The fourth-order valence-corrected chi connectivity index (χ4v) is 3.68. The summed E-state index contributed by atoms with van der Waals surface area (Å²) in [5, 5.41) is 0. The minimum Gasteiger partial charge on any atom is -0.588 e. The molecule has 0 spiro atoms. The molecule has 6 nitrogen and oxygen atoms in total. The Hall–Kier alpha value is -1.73. The average Bonchev–Trinajstić information content (AvgIpc) is 2.52. The van der Waals surface area contributed by atoms with Crippen molar-refractivity contribution in [3.8, 4) is 5.75 Å². The normalized spacial score (nSPS) is 15.0. The number of carbonyl (C=O) groups is 2. The summed E-state index contributed by atoms with van der Waals surface area (Å²) in [5.41, 5.74) is -1.35. The van der Waals surface area contributed by atoms with Gasteiger partial charge in [0.15, 0.2) is 4.90 Å². The number of hydrogen-bond acceptors (Lipinski definition) is 5. The molecule has 0 aliphatic rings. The van der Waals surface area contributed by atoms with Crippen molar-refractivity contribution >= 4 is 23.2 Å². The van der Waals surface area contributed by atoms with Gasteiger partial charge in [-0.25, -0.2) is 0 Å². The summed E-state index contributed by atoms with van der Waals surface area (Å²) in [4.78, 5) is 26.0. The molecule has 0 saturated heterocycles. The lowest BCUT2D eigenvalue weighted by atomic mass is 9.81. The summed E-state index contributed by atoms with van der Waals surface area (Å²) in [6.45, 7) is 12.4. The van der Waals surface area contributed by atoms with Crippen LogP contribution in [0, 0.1) is 18.3 Å². The van der Waals surface area contributed by atoms with E-state index in [2.05, 4.69) is 4.72 Å². The van der Waals surface area contributed by atoms with Gasteiger partial charge in [-0.1, -0.05) is 13.8 Å². The highest BCUT2D eigenvalue weighted by Gasteiger charge is 2.46. The van der Waals surface area contributed by atoms with Crippen LogP contribution in [0.2, 0.25) is 0 Å². The minimum absolute atomic E-state index is 0.0740. The molecule has 0 heterocycles. The molecule has 1 amide bonds. The lowest BCUT2D eigenvalue weighted by Crippen LogP contribution is -2.49. The maximum atomic E-state index is 12.9. The van der Waals surface area contributed by atoms with E-state index in [9.17, 15) is 14.1 Å². The molecule has 0 bridgehead atoms. The summed E-state index contributed by atoms with van der Waals surface area (Å²) in [6.07, 6.45) is 0.284. The van der Waals surface area contributed by atoms with E-state index >= 15 is 0 Å². The number of rotatable bonds is 7. The number of nitrogens with one attached hydrogen (secondary N) is 1. The summed E-state index contributed by atoms with van der Waals surface area (Å²) < 4.78 is 25.7. The van der Waals surface area contributed by atoms with Gasteiger partial charge in [-0.15, -0.1) is 0 Å². The Balaban J connectivity index is 3.05. The highest BCUT2D eigenvalue weighted by molar-refractivity contribution is 7.90. The van der Waals surface area contributed by atoms with E-state index in [4.69, 9.17) is 9.47 Å². The van der Waals surface area contributed by atoms with Crippen LogP contribution in [0.1, 0.15) is 53.5 Å². The van der Waals surface area contributed by atoms with Crippen LogP contribution in [0.15, 0.2) is 23.1 Å². The summed E-state index contributed by atoms with van der Waals surface area (Å²) in [5.74, 6) is -0.494. The van der Waals surface area contributed by atoms with Gasteiger partial charge in [0.2, 0.25) is 0 Å². The van der Waals surface area contributed by atoms with Crippen molar-refractivity contribution in [2.24, 2.45) is 11.3 Å². The SMILES string of the molecule is COc1ccc([S+]([O-])NC(=O)[C@@](C)(CC(C)C)C(=O)OC(C)(C)C)cc1C. The zero-order chi connectivity index (χ0) is 21.0. The monoisotopic (exact) mass is 397 g/mol. The molecule has 1 unspecified atom stereocenters. The van der Waals surface area contributed by atoms with E-state index in [0.717, 1.165) is 5.56 Å². The fraction of sp³-hybridized carbons (Fsp3) is 0.600. The first-order valence-corrected chi connectivity index (χ1v) is 10.1. The third-order valence-electron chi connectivity index (χ3n) is 3.93. The van der Waals surface area contributed by atoms with Gasteiger partial charge in [-0.05, 0) is 64.7 Å². The largest absolute Gasteiger partial charge is 0.588 e. The van der Waals surface area contributed by atoms with Crippen molar-refractivity contribution in [1.29, 1.82) is 0 Å². The fourth-order valence-electron chi connectivity index (χ4n) is 2.70. The average molecular weight is 398 g/mol. The minimum atomic E-state index is -1.80. The molecule has 27 heavy (non-hydrogen) atoms. The van der Waals surface area contributed by atoms with Crippen LogP contribution in [0.25, 0.3) is 0 Å². The van der Waals surface area contributed by atoms with E-state index < -0.39 is 34.3 Å². The van der Waals surface area contributed by atoms with E-state index in [0.29, 0.717) is 10.6 Å². The van der Waals surface area contributed by atoms with Crippen LogP contribution in [-0.2, 0) is 25.7 Å². The predicted molar refractivity (Wildman–Crippen MR) is 106 cm³/mol. The predicted octanol–water partition coefficient (Wildman–Crippen LogP) is 3.54. The van der Waals surface area contributed by atoms with Gasteiger partial charge in [-0.2, -0.15) is 4.72 Å². The molecule has 2 atom stereocenters. The van der Waals surface area contributed by atoms with Crippen molar-refractivity contribution in [3.63, 3.8) is 0 Å². The molecule has 0 fully saturated rings. The second kappa shape index (κ2) is 8.97. The molecule has 0 aliphatic carbocycles. The Morgan fingerprint density at radius 3 is 2.26 bits per heavy atom. The number of methoxy groups -OCH3 is 1. The van der Waals surface area contributed by atoms with Crippen LogP contribution in [0.3, 0.4) is 0 Å². The number of hydrogen-bond donors (Lipinski definition) is 1. The molecule has 0 radical (unpaired) electrons. The van der Waals surface area contributed by atoms with Crippen LogP contribution in [0.4, 0.5) is 0 Å². The Kier molecular flexibility index (Phi) is 7.75. The Labute approximate surface area is 165 Å². The molecule has 1 rings (SSSR count). The summed E-state index contributed by atoms with van der Waals surface area (Å²) in [7, 11) is 1.55. The number of ether oxygens (including phenoxy) is 2. The van der Waals surface area contributed by atoms with Gasteiger partial charge in [0.1, 0.15) is 28.1 Å². The lowest BCUT2D eigenvalue weighted by molar-refractivity contribution is -0.170. The second-order valence-corrected chi connectivity index (χ2v) is 9.48. The Morgan fingerprint density at radius 2 is 1.81 bits per heavy atom. The Morgan fingerprint density at radius 1 is 1.22 bits per heavy atom. The van der Waals surface area contributed by atoms with Crippen LogP contribution in [-0.4, -0.2) is 29.1 Å². The van der Waals surface area contributed by atoms with Gasteiger partial charge in [0, 0.05) is 6.07 Å². The first-order valence-electron chi connectivity index (χ1n) is 8.91. The molecule has 0 saturated carbocycles. The zero-order valence-corrected chi connectivity index (χ0v) is 18.3. The summed E-state index contributed by atoms with van der Waals surface area (Å²) >= 11 is -1.80. The molecule has 0 aliphatic heterocycles. The quantitative estimate of drug-likeness (QED) is 0.432. The van der Waals surface area contributed by atoms with Gasteiger partial charge in [-0.3, -0.25) is 9.59 Å². The zero-order valence-electron chi connectivity index (χ0n) is 17.5. The van der Waals surface area contributed by atoms with Crippen molar-refractivity contribution in [2.75, 3.05) is 7.11 Å². The third kappa shape index (κ3) is 6.43. The van der Waals surface area contributed by atoms with E-state index in [1.807, 2.05) is 20.8 Å². The number of esters is 1. The van der Waals surface area contributed by atoms with E-state index in [1.165, 1.54) is 6.92 Å². The number of carbonyl (C=O) groups excluding carboxylic acids is 2. The van der Waals surface area contributed by atoms with Crippen molar-refractivity contribution in [1.82, 2.24) is 4.72 Å². The highest BCUT2D eigenvalue weighted by Crippen LogP contribution is 2.31. The Bertz CT molecular complexity index is 683.